The van der Waals surface area contributed by atoms with Crippen LogP contribution in [0.2, 0.25) is 0 Å². The van der Waals surface area contributed by atoms with E-state index in [2.05, 4.69) is 4.52 Å². The van der Waals surface area contributed by atoms with Crippen molar-refractivity contribution in [3.63, 3.8) is 0 Å². The van der Waals surface area contributed by atoms with Gasteiger partial charge in [0.1, 0.15) is 17.8 Å². The topological polar surface area (TPSA) is 163 Å². The number of aliphatic hydroxyl groups is 2. The molecule has 1 aliphatic heterocycles. The Morgan fingerprint density at radius 3 is 2.68 bits per heavy atom. The first-order chi connectivity index (χ1) is 10.2. The molecular weight excluding hydrogens is 319 g/mol. The van der Waals surface area contributed by atoms with Crippen LogP contribution in [0.25, 0.3) is 0 Å². The summed E-state index contributed by atoms with van der Waals surface area (Å²) in [6.07, 6.45) is -2.18. The van der Waals surface area contributed by atoms with E-state index in [1.165, 1.54) is 29.1 Å². The Labute approximate surface area is 124 Å². The van der Waals surface area contributed by atoms with Crippen molar-refractivity contribution in [3.8, 4) is 0 Å². The molecule has 122 valence electrons. The number of pyridine rings is 1. The summed E-state index contributed by atoms with van der Waals surface area (Å²) >= 11 is 0. The molecule has 11 heteroatoms. The highest BCUT2D eigenvalue weighted by molar-refractivity contribution is 7.46. The molecule has 0 bridgehead atoms. The molecule has 0 unspecified atom stereocenters. The summed E-state index contributed by atoms with van der Waals surface area (Å²) in [5, 5.41) is 19.8. The van der Waals surface area contributed by atoms with Crippen molar-refractivity contribution < 1.29 is 43.2 Å². The third-order valence-corrected chi connectivity index (χ3v) is 3.63. The van der Waals surface area contributed by atoms with E-state index < -0.39 is 44.9 Å². The number of ether oxygens (including phenoxy) is 1. The predicted octanol–water partition coefficient (Wildman–Crippen LogP) is -2.20. The van der Waals surface area contributed by atoms with Gasteiger partial charge in [-0.25, -0.2) is 4.57 Å². The summed E-state index contributed by atoms with van der Waals surface area (Å²) in [6.45, 7) is -0.602. The molecule has 4 atom stereocenters. The zero-order valence-corrected chi connectivity index (χ0v) is 12.1. The van der Waals surface area contributed by atoms with Gasteiger partial charge in [0.15, 0.2) is 18.5 Å². The summed E-state index contributed by atoms with van der Waals surface area (Å²) in [6, 6.07) is 2.97. The number of rotatable bonds is 5. The van der Waals surface area contributed by atoms with Gasteiger partial charge in [0.25, 0.3) is 12.1 Å². The van der Waals surface area contributed by atoms with Crippen LogP contribution in [0.4, 0.5) is 0 Å². The van der Waals surface area contributed by atoms with Gasteiger partial charge in [-0.3, -0.25) is 9.32 Å². The number of carbonyl (C=O) groups excluding carboxylic acids is 1. The molecule has 2 rings (SSSR count). The largest absolute Gasteiger partial charge is 0.469 e. The Balaban J connectivity index is 2.14. The van der Waals surface area contributed by atoms with E-state index >= 15 is 0 Å². The third kappa shape index (κ3) is 3.87. The number of carbonyl (C=O) groups is 1. The molecule has 10 nitrogen and oxygen atoms in total. The number of phosphoric acid groups is 1. The molecule has 0 aliphatic carbocycles. The fourth-order valence-corrected chi connectivity index (χ4v) is 2.42. The molecule has 6 N–H and O–H groups in total. The lowest BCUT2D eigenvalue weighted by Crippen LogP contribution is -2.46. The van der Waals surface area contributed by atoms with E-state index in [1.54, 1.807) is 0 Å². The van der Waals surface area contributed by atoms with Crippen molar-refractivity contribution >= 4 is 13.7 Å². The monoisotopic (exact) mass is 335 g/mol. The van der Waals surface area contributed by atoms with Crippen LogP contribution in [-0.2, 0) is 13.8 Å². The quantitative estimate of drug-likeness (QED) is 0.299. The Kier molecular flexibility index (Phi) is 4.93. The number of nitrogens with zero attached hydrogens (tertiary/aromatic N) is 1. The van der Waals surface area contributed by atoms with Crippen LogP contribution in [0, 0.1) is 0 Å². The third-order valence-electron chi connectivity index (χ3n) is 3.14. The lowest BCUT2D eigenvalue weighted by molar-refractivity contribution is -0.765. The fourth-order valence-electron chi connectivity index (χ4n) is 2.08. The minimum atomic E-state index is -4.72. The van der Waals surface area contributed by atoms with Crippen LogP contribution < -0.4 is 10.3 Å². The molecule has 0 radical (unpaired) electrons. The second kappa shape index (κ2) is 6.39. The fraction of sp³-hybridized carbons (Fsp3) is 0.455. The first kappa shape index (κ1) is 17.0. The molecule has 0 saturated carbocycles. The number of phosphoric ester groups is 1. The van der Waals surface area contributed by atoms with Crippen LogP contribution in [0.3, 0.4) is 0 Å². The van der Waals surface area contributed by atoms with Crippen molar-refractivity contribution in [2.24, 2.45) is 5.73 Å². The molecule has 1 amide bonds. The summed E-state index contributed by atoms with van der Waals surface area (Å²) in [7, 11) is -4.72. The van der Waals surface area contributed by atoms with E-state index in [0.29, 0.717) is 0 Å². The van der Waals surface area contributed by atoms with Gasteiger partial charge in [-0.05, 0) is 6.07 Å². The van der Waals surface area contributed by atoms with Crippen LogP contribution in [0.5, 0.6) is 0 Å². The van der Waals surface area contributed by atoms with E-state index in [9.17, 15) is 19.6 Å². The van der Waals surface area contributed by atoms with Gasteiger partial charge < -0.3 is 30.5 Å². The van der Waals surface area contributed by atoms with Crippen molar-refractivity contribution in [2.45, 2.75) is 24.5 Å². The Morgan fingerprint density at radius 2 is 2.09 bits per heavy atom. The minimum absolute atomic E-state index is 0.169. The molecule has 1 aromatic heterocycles. The van der Waals surface area contributed by atoms with Crippen molar-refractivity contribution in [1.82, 2.24) is 0 Å². The summed E-state index contributed by atoms with van der Waals surface area (Å²) in [5.74, 6) is -0.677. The van der Waals surface area contributed by atoms with Crippen molar-refractivity contribution in [1.29, 1.82) is 0 Å². The maximum absolute atomic E-state index is 11.1. The minimum Gasteiger partial charge on any atom is -0.387 e. The molecule has 2 heterocycles. The highest BCUT2D eigenvalue weighted by Crippen LogP contribution is 2.37. The van der Waals surface area contributed by atoms with Crippen LogP contribution >= 0.6 is 7.82 Å². The number of hydrogen-bond donors (Lipinski definition) is 5. The summed E-state index contributed by atoms with van der Waals surface area (Å²) in [5.41, 5.74) is 5.32. The SMILES string of the molecule is NC(=O)c1ccc[n+]([C@@H]2O[C@H](COP(=O)(O)O)[C@@H](O)[C@@H]2O)c1. The predicted molar refractivity (Wildman–Crippen MR) is 69.1 cm³/mol. The standard InChI is InChI=1S/C11H15N2O8P/c12-10(16)6-2-1-3-13(4-6)11-9(15)8(14)7(21-11)5-20-22(17,18)19/h1-4,7-9,11,14-15H,5H2,(H3-,12,16,17,18,19)/p+1/t7-,8-,9+,11-/m1/s1. The lowest BCUT2D eigenvalue weighted by atomic mass is 10.1. The smallest absolute Gasteiger partial charge is 0.387 e. The van der Waals surface area contributed by atoms with Gasteiger partial charge in [-0.2, -0.15) is 4.57 Å². The van der Waals surface area contributed by atoms with Crippen LogP contribution in [0.1, 0.15) is 16.6 Å². The van der Waals surface area contributed by atoms with E-state index in [1.807, 2.05) is 0 Å². The van der Waals surface area contributed by atoms with E-state index in [-0.39, 0.29) is 5.56 Å². The number of aromatic nitrogens is 1. The highest BCUT2D eigenvalue weighted by Gasteiger charge is 2.48. The van der Waals surface area contributed by atoms with Gasteiger partial charge in [0.2, 0.25) is 0 Å². The Bertz CT molecular complexity index is 606. The number of hydrogen-bond acceptors (Lipinski definition) is 6. The molecule has 1 aromatic rings. The second-order valence-corrected chi connectivity index (χ2v) is 5.98. The first-order valence-electron chi connectivity index (χ1n) is 6.21. The molecule has 1 aliphatic rings. The highest BCUT2D eigenvalue weighted by atomic mass is 31.2. The zero-order chi connectivity index (χ0) is 16.5. The molecule has 1 fully saturated rings. The van der Waals surface area contributed by atoms with E-state index in [4.69, 9.17) is 20.3 Å². The van der Waals surface area contributed by atoms with Gasteiger partial charge in [0.05, 0.1) is 6.61 Å². The second-order valence-electron chi connectivity index (χ2n) is 4.74. The first-order valence-corrected chi connectivity index (χ1v) is 7.74. The van der Waals surface area contributed by atoms with Gasteiger partial charge in [-0.15, -0.1) is 0 Å². The average molecular weight is 335 g/mol. The van der Waals surface area contributed by atoms with Crippen molar-refractivity contribution in [2.75, 3.05) is 6.61 Å². The maximum Gasteiger partial charge on any atom is 0.469 e. The average Bonchev–Trinajstić information content (AvgIpc) is 2.72. The molecule has 1 saturated heterocycles. The Morgan fingerprint density at radius 1 is 1.41 bits per heavy atom. The maximum atomic E-state index is 11.1. The Hall–Kier alpha value is -1.39. The normalized spacial score (nSPS) is 28.7. The molecule has 0 spiro atoms. The van der Waals surface area contributed by atoms with Gasteiger partial charge in [0, 0.05) is 6.07 Å². The number of amides is 1. The lowest BCUT2D eigenvalue weighted by Gasteiger charge is -2.13. The van der Waals surface area contributed by atoms with E-state index in [0.717, 1.165) is 0 Å². The van der Waals surface area contributed by atoms with Crippen LogP contribution in [0.15, 0.2) is 24.5 Å². The van der Waals surface area contributed by atoms with Gasteiger partial charge in [-0.1, -0.05) is 0 Å². The number of nitrogens with two attached hydrogens (primary N) is 1. The zero-order valence-electron chi connectivity index (χ0n) is 11.2. The van der Waals surface area contributed by atoms with Crippen molar-refractivity contribution in [3.05, 3.63) is 30.1 Å². The summed E-state index contributed by atoms with van der Waals surface area (Å²) in [4.78, 5) is 28.4. The molecular formula is C11H16N2O8P+. The van der Waals surface area contributed by atoms with Gasteiger partial charge >= 0.3 is 7.82 Å². The van der Waals surface area contributed by atoms with Crippen LogP contribution in [-0.4, -0.2) is 50.8 Å². The summed E-state index contributed by atoms with van der Waals surface area (Å²) < 4.78 is 21.6. The number of primary amides is 1. The molecule has 22 heavy (non-hydrogen) atoms. The number of aliphatic hydroxyl groups excluding tert-OH is 2. The molecule has 0 aromatic carbocycles.